The Labute approximate surface area is 166 Å². The smallest absolute Gasteiger partial charge is 0.244 e. The SMILES string of the molecule is O=C(Cn1cnnn1)N1CC[NH+](C(c2ccc(F)cc2)c2ccc(F)cc2)CC1. The number of piperazine rings is 1. The van der Waals surface area contributed by atoms with Crippen LogP contribution in [0.25, 0.3) is 0 Å². The van der Waals surface area contributed by atoms with Gasteiger partial charge >= 0.3 is 0 Å². The van der Waals surface area contributed by atoms with Gasteiger partial charge in [0.15, 0.2) is 0 Å². The average Bonchev–Trinajstić information content (AvgIpc) is 3.24. The van der Waals surface area contributed by atoms with Crippen LogP contribution in [0.1, 0.15) is 17.2 Å². The second kappa shape index (κ2) is 8.44. The van der Waals surface area contributed by atoms with E-state index >= 15 is 0 Å². The van der Waals surface area contributed by atoms with Crippen molar-refractivity contribution in [3.63, 3.8) is 0 Å². The number of hydrogen-bond donors (Lipinski definition) is 1. The van der Waals surface area contributed by atoms with Gasteiger partial charge in [0.2, 0.25) is 5.91 Å². The van der Waals surface area contributed by atoms with Crippen LogP contribution >= 0.6 is 0 Å². The molecule has 0 atom stereocenters. The third-order valence-corrected chi connectivity index (χ3v) is 5.26. The van der Waals surface area contributed by atoms with Gasteiger partial charge in [0.05, 0.1) is 26.2 Å². The van der Waals surface area contributed by atoms with Crippen molar-refractivity contribution in [2.45, 2.75) is 12.6 Å². The van der Waals surface area contributed by atoms with E-state index in [0.29, 0.717) is 13.1 Å². The quantitative estimate of drug-likeness (QED) is 0.677. The summed E-state index contributed by atoms with van der Waals surface area (Å²) in [5.41, 5.74) is 1.92. The number of benzene rings is 2. The van der Waals surface area contributed by atoms with Gasteiger partial charge in [-0.05, 0) is 59.0 Å². The Bertz CT molecular complexity index is 893. The van der Waals surface area contributed by atoms with Crippen LogP contribution in [0.2, 0.25) is 0 Å². The molecule has 1 N–H and O–H groups in total. The Hall–Kier alpha value is -3.20. The van der Waals surface area contributed by atoms with Gasteiger partial charge in [-0.15, -0.1) is 5.10 Å². The lowest BCUT2D eigenvalue weighted by Gasteiger charge is -2.37. The zero-order valence-electron chi connectivity index (χ0n) is 15.7. The van der Waals surface area contributed by atoms with Crippen LogP contribution < -0.4 is 4.90 Å². The van der Waals surface area contributed by atoms with Crippen LogP contribution in [0, 0.1) is 11.6 Å². The topological polar surface area (TPSA) is 68.4 Å². The summed E-state index contributed by atoms with van der Waals surface area (Å²) in [6.45, 7) is 2.74. The van der Waals surface area contributed by atoms with Crippen molar-refractivity contribution in [2.24, 2.45) is 0 Å². The molecule has 1 amide bonds. The fraction of sp³-hybridized carbons (Fsp3) is 0.300. The van der Waals surface area contributed by atoms with Crippen molar-refractivity contribution in [1.82, 2.24) is 25.1 Å². The van der Waals surface area contributed by atoms with Gasteiger partial charge < -0.3 is 9.80 Å². The molecule has 0 radical (unpaired) electrons. The van der Waals surface area contributed by atoms with Crippen LogP contribution in [0.5, 0.6) is 0 Å². The first-order chi connectivity index (χ1) is 14.1. The molecule has 150 valence electrons. The zero-order valence-corrected chi connectivity index (χ0v) is 15.7. The summed E-state index contributed by atoms with van der Waals surface area (Å²) in [4.78, 5) is 15.5. The number of aromatic nitrogens is 4. The zero-order chi connectivity index (χ0) is 20.2. The minimum Gasteiger partial charge on any atom is -0.330 e. The first-order valence-corrected chi connectivity index (χ1v) is 9.44. The van der Waals surface area contributed by atoms with E-state index in [2.05, 4.69) is 15.5 Å². The monoisotopic (exact) mass is 399 g/mol. The third-order valence-electron chi connectivity index (χ3n) is 5.26. The van der Waals surface area contributed by atoms with Gasteiger partial charge in [0.25, 0.3) is 0 Å². The molecule has 1 aromatic heterocycles. The average molecular weight is 399 g/mol. The van der Waals surface area contributed by atoms with E-state index in [9.17, 15) is 13.6 Å². The number of carbonyl (C=O) groups excluding carboxylic acids is 1. The standard InChI is InChI=1S/C20H20F2N6O/c21-17-5-1-15(2-6-17)20(16-3-7-18(22)8-4-16)27-11-9-26(10-12-27)19(29)13-28-14-23-24-25-28/h1-8,14,20H,9-13H2/p+1. The molecule has 0 aliphatic carbocycles. The molecule has 9 heteroatoms. The Kier molecular flexibility index (Phi) is 5.57. The van der Waals surface area contributed by atoms with Crippen molar-refractivity contribution < 1.29 is 18.5 Å². The number of tetrazole rings is 1. The molecule has 2 aromatic carbocycles. The summed E-state index contributed by atoms with van der Waals surface area (Å²) in [7, 11) is 0. The van der Waals surface area contributed by atoms with E-state index in [1.807, 2.05) is 0 Å². The molecule has 1 fully saturated rings. The summed E-state index contributed by atoms with van der Waals surface area (Å²) in [6.07, 6.45) is 1.42. The first kappa shape index (κ1) is 19.1. The molecule has 0 bridgehead atoms. The van der Waals surface area contributed by atoms with Gasteiger partial charge in [-0.2, -0.15) is 0 Å². The molecule has 0 spiro atoms. The molecule has 1 aliphatic heterocycles. The summed E-state index contributed by atoms with van der Waals surface area (Å²) >= 11 is 0. The van der Waals surface area contributed by atoms with Gasteiger partial charge in [-0.25, -0.2) is 13.5 Å². The largest absolute Gasteiger partial charge is 0.330 e. The lowest BCUT2D eigenvalue weighted by molar-refractivity contribution is -0.929. The number of rotatable bonds is 5. The maximum absolute atomic E-state index is 13.4. The number of halogens is 2. The molecule has 2 heterocycles. The van der Waals surface area contributed by atoms with Crippen molar-refractivity contribution >= 4 is 5.91 Å². The summed E-state index contributed by atoms with van der Waals surface area (Å²) in [5, 5.41) is 10.8. The Morgan fingerprint density at radius 1 is 0.966 bits per heavy atom. The van der Waals surface area contributed by atoms with E-state index in [4.69, 9.17) is 0 Å². The van der Waals surface area contributed by atoms with Gasteiger partial charge in [0, 0.05) is 11.1 Å². The Morgan fingerprint density at radius 2 is 1.52 bits per heavy atom. The molecule has 1 saturated heterocycles. The van der Waals surface area contributed by atoms with Crippen LogP contribution in [0.15, 0.2) is 54.9 Å². The summed E-state index contributed by atoms with van der Waals surface area (Å²) < 4.78 is 28.3. The number of quaternary nitrogens is 1. The van der Waals surface area contributed by atoms with Gasteiger partial charge in [-0.3, -0.25) is 4.79 Å². The second-order valence-corrected chi connectivity index (χ2v) is 7.08. The maximum atomic E-state index is 13.4. The second-order valence-electron chi connectivity index (χ2n) is 7.08. The number of hydrogen-bond acceptors (Lipinski definition) is 4. The number of carbonyl (C=O) groups is 1. The van der Waals surface area contributed by atoms with Gasteiger partial charge in [0.1, 0.15) is 30.5 Å². The van der Waals surface area contributed by atoms with Crippen LogP contribution in [-0.2, 0) is 11.3 Å². The fourth-order valence-corrected chi connectivity index (χ4v) is 3.80. The Morgan fingerprint density at radius 3 is 2.00 bits per heavy atom. The lowest BCUT2D eigenvalue weighted by atomic mass is 9.96. The molecular weight excluding hydrogens is 378 g/mol. The Balaban J connectivity index is 1.49. The maximum Gasteiger partial charge on any atom is 0.244 e. The van der Waals surface area contributed by atoms with Crippen molar-refractivity contribution in [1.29, 1.82) is 0 Å². The minimum atomic E-state index is -0.292. The molecular formula is C20H21F2N6O+. The van der Waals surface area contributed by atoms with Crippen LogP contribution in [-0.4, -0.2) is 57.2 Å². The van der Waals surface area contributed by atoms with Gasteiger partial charge in [-0.1, -0.05) is 0 Å². The van der Waals surface area contributed by atoms with Crippen LogP contribution in [0.3, 0.4) is 0 Å². The highest BCUT2D eigenvalue weighted by Gasteiger charge is 2.31. The van der Waals surface area contributed by atoms with Crippen molar-refractivity contribution in [3.8, 4) is 0 Å². The molecule has 3 aromatic rings. The molecule has 7 nitrogen and oxygen atoms in total. The highest BCUT2D eigenvalue weighted by Crippen LogP contribution is 2.20. The first-order valence-electron chi connectivity index (χ1n) is 9.44. The van der Waals surface area contributed by atoms with E-state index in [0.717, 1.165) is 24.2 Å². The molecule has 29 heavy (non-hydrogen) atoms. The molecule has 0 unspecified atom stereocenters. The molecule has 1 aliphatic rings. The van der Waals surface area contributed by atoms with E-state index in [1.54, 1.807) is 29.2 Å². The predicted octanol–water partition coefficient (Wildman–Crippen LogP) is 0.468. The molecule has 4 rings (SSSR count). The van der Waals surface area contributed by atoms with Crippen LogP contribution in [0.4, 0.5) is 8.78 Å². The normalized spacial score (nSPS) is 15.1. The molecule has 0 saturated carbocycles. The number of nitrogens with zero attached hydrogens (tertiary/aromatic N) is 5. The van der Waals surface area contributed by atoms with E-state index < -0.39 is 0 Å². The highest BCUT2D eigenvalue weighted by atomic mass is 19.1. The lowest BCUT2D eigenvalue weighted by Crippen LogP contribution is -3.15. The summed E-state index contributed by atoms with van der Waals surface area (Å²) in [5.74, 6) is -0.615. The predicted molar refractivity (Wildman–Crippen MR) is 99.7 cm³/mol. The third kappa shape index (κ3) is 4.45. The number of amides is 1. The van der Waals surface area contributed by atoms with E-state index in [-0.39, 0.29) is 30.1 Å². The van der Waals surface area contributed by atoms with Crippen molar-refractivity contribution in [3.05, 3.63) is 77.6 Å². The highest BCUT2D eigenvalue weighted by molar-refractivity contribution is 5.75. The fourth-order valence-electron chi connectivity index (χ4n) is 3.80. The minimum absolute atomic E-state index is 0.0311. The summed E-state index contributed by atoms with van der Waals surface area (Å²) in [6, 6.07) is 12.8. The van der Waals surface area contributed by atoms with E-state index in [1.165, 1.54) is 40.2 Å². The number of nitrogens with one attached hydrogen (secondary N) is 1. The van der Waals surface area contributed by atoms with Crippen molar-refractivity contribution in [2.75, 3.05) is 26.2 Å².